The summed E-state index contributed by atoms with van der Waals surface area (Å²) in [5.74, 6) is 1.68. The first-order valence-corrected chi connectivity index (χ1v) is 12.0. The summed E-state index contributed by atoms with van der Waals surface area (Å²) >= 11 is 2.21. The van der Waals surface area contributed by atoms with Crippen LogP contribution in [0.3, 0.4) is 0 Å². The van der Waals surface area contributed by atoms with Crippen LogP contribution in [0.15, 0.2) is 11.6 Å². The van der Waals surface area contributed by atoms with Crippen molar-refractivity contribution in [3.8, 4) is 17.6 Å². The minimum Gasteiger partial charge on any atom is -0.496 e. The molecule has 8 heteroatoms. The summed E-state index contributed by atoms with van der Waals surface area (Å²) in [5.41, 5.74) is 9.74. The molecule has 2 N–H and O–H groups in total. The van der Waals surface area contributed by atoms with Crippen molar-refractivity contribution < 1.29 is 19.0 Å². The van der Waals surface area contributed by atoms with Crippen molar-refractivity contribution in [2.45, 2.75) is 39.3 Å². The number of nitrogens with two attached hydrogens (primary N) is 1. The van der Waals surface area contributed by atoms with E-state index in [4.69, 9.17) is 25.2 Å². The quantitative estimate of drug-likeness (QED) is 0.237. The molecule has 27 heavy (non-hydrogen) atoms. The molecular weight excluding hydrogens is 479 g/mol. The molecule has 1 aromatic rings. The summed E-state index contributed by atoms with van der Waals surface area (Å²) in [5, 5.41) is 8.89. The van der Waals surface area contributed by atoms with Crippen molar-refractivity contribution in [1.29, 1.82) is 5.26 Å². The number of ether oxygens (including phenoxy) is 3. The second kappa shape index (κ2) is 10.2. The molecule has 1 aliphatic rings. The van der Waals surface area contributed by atoms with Gasteiger partial charge in [-0.3, -0.25) is 0 Å². The molecule has 0 radical (unpaired) electrons. The fourth-order valence-electron chi connectivity index (χ4n) is 3.10. The topological polar surface area (TPSA) is 94.6 Å². The van der Waals surface area contributed by atoms with E-state index >= 15 is 0 Å². The second-order valence-electron chi connectivity index (χ2n) is 6.25. The second-order valence-corrected chi connectivity index (χ2v) is 8.75. The van der Waals surface area contributed by atoms with Gasteiger partial charge in [0, 0.05) is 16.9 Å². The number of fused-ring (bicyclic) bond motifs is 1. The van der Waals surface area contributed by atoms with Crippen LogP contribution < -0.4 is 15.2 Å². The highest BCUT2D eigenvalue weighted by atomic mass is 127. The Morgan fingerprint density at radius 3 is 2.89 bits per heavy atom. The van der Waals surface area contributed by atoms with Crippen molar-refractivity contribution in [3.63, 3.8) is 0 Å². The summed E-state index contributed by atoms with van der Waals surface area (Å²) in [6.45, 7) is 4.58. The lowest BCUT2D eigenvalue weighted by atomic mass is 9.94. The third kappa shape index (κ3) is 5.09. The first-order chi connectivity index (χ1) is 12.9. The van der Waals surface area contributed by atoms with Gasteiger partial charge in [0.1, 0.15) is 23.7 Å². The maximum absolute atomic E-state index is 12.3. The van der Waals surface area contributed by atoms with Gasteiger partial charge in [0.2, 0.25) is 0 Å². The van der Waals surface area contributed by atoms with E-state index in [-0.39, 0.29) is 12.6 Å². The Balaban J connectivity index is 2.48. The van der Waals surface area contributed by atoms with Crippen LogP contribution >= 0.6 is 30.1 Å². The predicted octanol–water partition coefficient (Wildman–Crippen LogP) is 3.87. The molecule has 0 aliphatic carbocycles. The van der Waals surface area contributed by atoms with Crippen LogP contribution in [0.5, 0.6) is 11.5 Å². The number of carbonyl (C=O) groups is 1. The molecule has 146 valence electrons. The van der Waals surface area contributed by atoms with Crippen molar-refractivity contribution in [1.82, 2.24) is 0 Å². The van der Waals surface area contributed by atoms with Gasteiger partial charge in [0.15, 0.2) is 0 Å². The van der Waals surface area contributed by atoms with E-state index in [2.05, 4.69) is 21.2 Å². The van der Waals surface area contributed by atoms with Crippen LogP contribution in [0.25, 0.3) is 0 Å². The fourth-order valence-corrected chi connectivity index (χ4v) is 3.78. The average molecular weight is 502 g/mol. The van der Waals surface area contributed by atoms with E-state index in [9.17, 15) is 4.79 Å². The number of nitriles is 1. The lowest BCUT2D eigenvalue weighted by Crippen LogP contribution is -2.17. The van der Waals surface area contributed by atoms with Crippen LogP contribution in [0.2, 0.25) is 0 Å². The van der Waals surface area contributed by atoms with E-state index in [1.165, 1.54) is 0 Å². The number of halogens is 1. The summed E-state index contributed by atoms with van der Waals surface area (Å²) in [6.07, 6.45) is 3.01. The van der Waals surface area contributed by atoms with Gasteiger partial charge in [0.25, 0.3) is 0 Å². The Morgan fingerprint density at radius 1 is 1.52 bits per heavy atom. The zero-order valence-corrected chi connectivity index (χ0v) is 18.6. The zero-order valence-electron chi connectivity index (χ0n) is 15.6. The van der Waals surface area contributed by atoms with Gasteiger partial charge in [-0.2, -0.15) is 5.26 Å². The molecule has 0 bridgehead atoms. The van der Waals surface area contributed by atoms with Crippen LogP contribution in [-0.4, -0.2) is 31.5 Å². The molecule has 0 saturated carbocycles. The molecule has 0 fully saturated rings. The number of rotatable bonds is 9. The molecule has 0 aromatic heterocycles. The number of allylic oxidation sites excluding steroid dienone is 1. The summed E-state index contributed by atoms with van der Waals surface area (Å²) in [7, 11) is 3.26. The number of carbonyl (C=O) groups excluding carboxylic acids is 1. The van der Waals surface area contributed by atoms with Gasteiger partial charge in [-0.05, 0) is 53.5 Å². The monoisotopic (exact) mass is 502 g/mol. The molecule has 1 aromatic carbocycles. The largest absolute Gasteiger partial charge is 0.496 e. The Kier molecular flexibility index (Phi) is 8.26. The molecule has 1 aliphatic heterocycles. The zero-order chi connectivity index (χ0) is 20.0. The third-order valence-electron chi connectivity index (χ3n) is 4.40. The Bertz CT molecular complexity index is 789. The van der Waals surface area contributed by atoms with Crippen molar-refractivity contribution >= 4 is 36.1 Å². The van der Waals surface area contributed by atoms with Gasteiger partial charge in [0.05, 0.1) is 25.8 Å². The number of benzene rings is 1. The van der Waals surface area contributed by atoms with E-state index in [1.54, 1.807) is 16.0 Å². The van der Waals surface area contributed by atoms with Crippen LogP contribution in [0.1, 0.15) is 40.4 Å². The first kappa shape index (κ1) is 21.9. The number of cyclic esters (lactones) is 1. The minimum absolute atomic E-state index is 0.236. The van der Waals surface area contributed by atoms with Crippen LogP contribution in [-0.2, 0) is 17.8 Å². The number of hydrogen-bond donors (Lipinski definition) is 1. The maximum Gasteiger partial charge on any atom is 0.342 e. The fraction of sp³-hybridized carbons (Fsp3) is 0.474. The third-order valence-corrected chi connectivity index (χ3v) is 6.04. The van der Waals surface area contributed by atoms with Crippen LogP contribution in [0, 0.1) is 18.3 Å². The summed E-state index contributed by atoms with van der Waals surface area (Å²) in [4.78, 5) is 12.3. The molecule has 6 nitrogen and oxygen atoms in total. The SMILES string of the molecule is COc1c(C)c2c(c(OCCSI)c1C/C=C(\C)CC(N)C#N)C(=O)OC2. The molecular formula is C19H23IN2O4S. The van der Waals surface area contributed by atoms with E-state index < -0.39 is 6.04 Å². The number of esters is 1. The van der Waals surface area contributed by atoms with E-state index in [1.807, 2.05) is 26.0 Å². The van der Waals surface area contributed by atoms with Gasteiger partial charge in [-0.15, -0.1) is 0 Å². The van der Waals surface area contributed by atoms with Gasteiger partial charge >= 0.3 is 5.97 Å². The molecule has 1 atom stereocenters. The van der Waals surface area contributed by atoms with Crippen molar-refractivity contribution in [3.05, 3.63) is 33.9 Å². The van der Waals surface area contributed by atoms with Gasteiger partial charge < -0.3 is 19.9 Å². The Hall–Kier alpha value is -1.44. The highest BCUT2D eigenvalue weighted by molar-refractivity contribution is 14.2. The first-order valence-electron chi connectivity index (χ1n) is 8.51. The van der Waals surface area contributed by atoms with E-state index in [0.717, 1.165) is 28.0 Å². The van der Waals surface area contributed by atoms with Crippen LogP contribution in [0.4, 0.5) is 0 Å². The standard InChI is InChI=1S/C19H23IN2O4S/c1-11(8-13(22)9-21)4-5-14-17(24-3)12(2)15-10-26-19(23)16(15)18(14)25-6-7-27-20/h4,13H,5-8,10,22H2,1-3H3/b11-4+. The lowest BCUT2D eigenvalue weighted by molar-refractivity contribution is 0.0532. The molecule has 1 unspecified atom stereocenters. The summed E-state index contributed by atoms with van der Waals surface area (Å²) in [6, 6.07) is 1.50. The number of methoxy groups -OCH3 is 1. The van der Waals surface area contributed by atoms with Crippen molar-refractivity contribution in [2.24, 2.45) is 5.73 Å². The number of nitrogens with zero attached hydrogens (tertiary/aromatic N) is 1. The summed E-state index contributed by atoms with van der Waals surface area (Å²) < 4.78 is 16.9. The maximum atomic E-state index is 12.3. The van der Waals surface area contributed by atoms with Gasteiger partial charge in [-0.25, -0.2) is 4.79 Å². The lowest BCUT2D eigenvalue weighted by Gasteiger charge is -2.19. The Morgan fingerprint density at radius 2 is 2.26 bits per heavy atom. The van der Waals surface area contributed by atoms with Crippen molar-refractivity contribution in [2.75, 3.05) is 19.5 Å². The number of hydrogen-bond acceptors (Lipinski definition) is 7. The normalized spacial score (nSPS) is 14.4. The van der Waals surface area contributed by atoms with Gasteiger partial charge in [-0.1, -0.05) is 20.6 Å². The molecule has 0 amide bonds. The predicted molar refractivity (Wildman–Crippen MR) is 114 cm³/mol. The molecule has 2 rings (SSSR count). The highest BCUT2D eigenvalue weighted by Gasteiger charge is 2.33. The minimum atomic E-state index is -0.531. The average Bonchev–Trinajstić information content (AvgIpc) is 3.04. The van der Waals surface area contributed by atoms with E-state index in [0.29, 0.717) is 36.5 Å². The molecule has 0 saturated heterocycles. The molecule has 1 heterocycles. The molecule has 0 spiro atoms. The Labute approximate surface area is 176 Å². The highest BCUT2D eigenvalue weighted by Crippen LogP contribution is 2.43. The smallest absolute Gasteiger partial charge is 0.342 e.